The van der Waals surface area contributed by atoms with Crippen LogP contribution in [0.4, 0.5) is 5.13 Å². The Morgan fingerprint density at radius 1 is 1.29 bits per heavy atom. The summed E-state index contributed by atoms with van der Waals surface area (Å²) >= 11 is 1.36. The van der Waals surface area contributed by atoms with Crippen LogP contribution in [-0.2, 0) is 11.3 Å². The van der Waals surface area contributed by atoms with E-state index in [1.54, 1.807) is 18.2 Å². The lowest BCUT2D eigenvalue weighted by molar-refractivity contribution is -0.116. The second-order valence-electron chi connectivity index (χ2n) is 5.66. The second-order valence-corrected chi connectivity index (χ2v) is 6.67. The number of fused-ring (bicyclic) bond motifs is 1. The normalized spacial score (nSPS) is 11.1. The number of carbonyl (C=O) groups excluding carboxylic acids is 1. The van der Waals surface area contributed by atoms with Crippen LogP contribution in [0, 0.1) is 0 Å². The van der Waals surface area contributed by atoms with Crippen LogP contribution in [0.1, 0.15) is 31.2 Å². The lowest BCUT2D eigenvalue weighted by Crippen LogP contribution is -2.23. The van der Waals surface area contributed by atoms with Crippen molar-refractivity contribution in [1.82, 2.24) is 19.7 Å². The van der Waals surface area contributed by atoms with E-state index in [1.807, 2.05) is 19.9 Å². The third-order valence-electron chi connectivity index (χ3n) is 3.49. The van der Waals surface area contributed by atoms with E-state index < -0.39 is 0 Å². The van der Waals surface area contributed by atoms with Gasteiger partial charge in [0.15, 0.2) is 0 Å². The fourth-order valence-electron chi connectivity index (χ4n) is 2.19. The molecule has 0 spiro atoms. The number of rotatable bonds is 5. The van der Waals surface area contributed by atoms with Crippen LogP contribution < -0.4 is 10.9 Å². The molecule has 0 unspecified atom stereocenters. The van der Waals surface area contributed by atoms with Crippen LogP contribution in [0.25, 0.3) is 10.9 Å². The molecule has 2 heterocycles. The first kappa shape index (κ1) is 16.3. The molecule has 0 bridgehead atoms. The molecule has 124 valence electrons. The minimum Gasteiger partial charge on any atom is -0.300 e. The molecule has 3 aromatic rings. The molecule has 0 radical (unpaired) electrons. The Bertz CT molecular complexity index is 931. The third-order valence-corrected chi connectivity index (χ3v) is 4.63. The van der Waals surface area contributed by atoms with Crippen molar-refractivity contribution in [3.8, 4) is 0 Å². The number of nitrogens with one attached hydrogen (secondary N) is 1. The molecule has 1 amide bonds. The number of aromatic nitrogens is 4. The minimum absolute atomic E-state index is 0.147. The van der Waals surface area contributed by atoms with Crippen LogP contribution in [0.3, 0.4) is 0 Å². The zero-order valence-electron chi connectivity index (χ0n) is 13.4. The van der Waals surface area contributed by atoms with Gasteiger partial charge in [-0.2, -0.15) is 0 Å². The molecule has 0 aliphatic rings. The van der Waals surface area contributed by atoms with Gasteiger partial charge in [-0.3, -0.25) is 14.2 Å². The first-order valence-corrected chi connectivity index (χ1v) is 8.43. The van der Waals surface area contributed by atoms with Gasteiger partial charge in [-0.25, -0.2) is 4.98 Å². The molecular weight excluding hydrogens is 326 g/mol. The van der Waals surface area contributed by atoms with Crippen LogP contribution in [-0.4, -0.2) is 25.7 Å². The van der Waals surface area contributed by atoms with Crippen molar-refractivity contribution in [1.29, 1.82) is 0 Å². The maximum Gasteiger partial charge on any atom is 0.261 e. The van der Waals surface area contributed by atoms with Gasteiger partial charge in [0.25, 0.3) is 5.56 Å². The van der Waals surface area contributed by atoms with Crippen molar-refractivity contribution >= 4 is 33.3 Å². The fraction of sp³-hybridized carbons (Fsp3) is 0.312. The maximum atomic E-state index is 12.3. The van der Waals surface area contributed by atoms with E-state index in [-0.39, 0.29) is 30.3 Å². The number of carbonyl (C=O) groups is 1. The summed E-state index contributed by atoms with van der Waals surface area (Å²) in [6, 6.07) is 7.15. The summed E-state index contributed by atoms with van der Waals surface area (Å²) in [5.74, 6) is 0.0666. The van der Waals surface area contributed by atoms with Crippen molar-refractivity contribution in [2.75, 3.05) is 5.32 Å². The maximum absolute atomic E-state index is 12.3. The molecule has 0 aliphatic carbocycles. The molecule has 8 heteroatoms. The minimum atomic E-state index is -0.207. The molecule has 3 rings (SSSR count). The Kier molecular flexibility index (Phi) is 4.66. The van der Waals surface area contributed by atoms with E-state index in [4.69, 9.17) is 0 Å². The van der Waals surface area contributed by atoms with Crippen molar-refractivity contribution in [3.63, 3.8) is 0 Å². The van der Waals surface area contributed by atoms with Crippen molar-refractivity contribution in [2.45, 2.75) is 32.7 Å². The Labute approximate surface area is 142 Å². The highest BCUT2D eigenvalue weighted by Gasteiger charge is 2.11. The van der Waals surface area contributed by atoms with Gasteiger partial charge in [0.1, 0.15) is 5.01 Å². The predicted octanol–water partition coefficient (Wildman–Crippen LogP) is 2.40. The summed E-state index contributed by atoms with van der Waals surface area (Å²) in [6.45, 7) is 4.30. The number of benzene rings is 1. The summed E-state index contributed by atoms with van der Waals surface area (Å²) in [5.41, 5.74) is 0.504. The quantitative estimate of drug-likeness (QED) is 0.768. The highest BCUT2D eigenvalue weighted by Crippen LogP contribution is 2.22. The second kappa shape index (κ2) is 6.88. The molecule has 7 nitrogen and oxygen atoms in total. The molecule has 0 saturated carbocycles. The summed E-state index contributed by atoms with van der Waals surface area (Å²) < 4.78 is 1.45. The third kappa shape index (κ3) is 3.48. The molecule has 24 heavy (non-hydrogen) atoms. The van der Waals surface area contributed by atoms with Crippen molar-refractivity contribution in [3.05, 3.63) is 46.0 Å². The Hall–Kier alpha value is -2.61. The Balaban J connectivity index is 1.66. The largest absolute Gasteiger partial charge is 0.300 e. The number of hydrogen-bond donors (Lipinski definition) is 1. The summed E-state index contributed by atoms with van der Waals surface area (Å²) in [7, 11) is 0. The molecule has 0 saturated heterocycles. The van der Waals surface area contributed by atoms with Gasteiger partial charge in [0, 0.05) is 18.9 Å². The topological polar surface area (TPSA) is 89.8 Å². The molecule has 0 aliphatic heterocycles. The average molecular weight is 343 g/mol. The predicted molar refractivity (Wildman–Crippen MR) is 93.2 cm³/mol. The number of para-hydroxylation sites is 1. The first-order valence-electron chi connectivity index (χ1n) is 7.62. The van der Waals surface area contributed by atoms with Crippen LogP contribution in [0.2, 0.25) is 0 Å². The van der Waals surface area contributed by atoms with E-state index >= 15 is 0 Å². The first-order chi connectivity index (χ1) is 11.5. The van der Waals surface area contributed by atoms with E-state index in [0.29, 0.717) is 16.0 Å². The summed E-state index contributed by atoms with van der Waals surface area (Å²) in [6.07, 6.45) is 1.64. The lowest BCUT2D eigenvalue weighted by Gasteiger charge is -2.06. The monoisotopic (exact) mass is 343 g/mol. The SMILES string of the molecule is CC(C)c1nnc(NC(=O)CCn2cnc3ccccc3c2=O)s1. The highest BCUT2D eigenvalue weighted by atomic mass is 32.1. The van der Waals surface area contributed by atoms with E-state index in [9.17, 15) is 9.59 Å². The van der Waals surface area contributed by atoms with Gasteiger partial charge in [0.05, 0.1) is 17.2 Å². The van der Waals surface area contributed by atoms with E-state index in [0.717, 1.165) is 5.01 Å². The zero-order valence-corrected chi connectivity index (χ0v) is 14.2. The van der Waals surface area contributed by atoms with Gasteiger partial charge >= 0.3 is 0 Å². The molecule has 0 fully saturated rings. The number of amides is 1. The molecule has 2 aromatic heterocycles. The number of nitrogens with zero attached hydrogens (tertiary/aromatic N) is 4. The molecule has 0 atom stereocenters. The molecule has 1 aromatic carbocycles. The van der Waals surface area contributed by atoms with Crippen LogP contribution >= 0.6 is 11.3 Å². The van der Waals surface area contributed by atoms with E-state index in [2.05, 4.69) is 20.5 Å². The van der Waals surface area contributed by atoms with Crippen molar-refractivity contribution in [2.24, 2.45) is 0 Å². The summed E-state index contributed by atoms with van der Waals surface area (Å²) in [4.78, 5) is 28.6. The Morgan fingerprint density at radius 2 is 2.08 bits per heavy atom. The molecular formula is C16H17N5O2S. The van der Waals surface area contributed by atoms with Crippen molar-refractivity contribution < 1.29 is 4.79 Å². The number of hydrogen-bond acceptors (Lipinski definition) is 6. The van der Waals surface area contributed by atoms with E-state index in [1.165, 1.54) is 22.2 Å². The lowest BCUT2D eigenvalue weighted by atomic mass is 10.2. The average Bonchev–Trinajstić information content (AvgIpc) is 3.03. The zero-order chi connectivity index (χ0) is 17.1. The fourth-order valence-corrected chi connectivity index (χ4v) is 2.95. The van der Waals surface area contributed by atoms with Gasteiger partial charge in [-0.1, -0.05) is 37.3 Å². The number of aryl methyl sites for hydroxylation is 1. The van der Waals surface area contributed by atoms with Crippen LogP contribution in [0.15, 0.2) is 35.4 Å². The molecule has 1 N–H and O–H groups in total. The highest BCUT2D eigenvalue weighted by molar-refractivity contribution is 7.15. The van der Waals surface area contributed by atoms with Gasteiger partial charge in [-0.05, 0) is 12.1 Å². The summed E-state index contributed by atoms with van der Waals surface area (Å²) in [5, 5.41) is 12.6. The van der Waals surface area contributed by atoms with Gasteiger partial charge in [-0.15, -0.1) is 10.2 Å². The number of anilines is 1. The smallest absolute Gasteiger partial charge is 0.261 e. The van der Waals surface area contributed by atoms with Gasteiger partial charge < -0.3 is 5.32 Å². The van der Waals surface area contributed by atoms with Crippen LogP contribution in [0.5, 0.6) is 0 Å². The standard InChI is InChI=1S/C16H17N5O2S/c1-10(2)14-19-20-16(24-14)18-13(22)7-8-21-9-17-12-6-4-3-5-11(12)15(21)23/h3-6,9-10H,7-8H2,1-2H3,(H,18,20,22). The Morgan fingerprint density at radius 3 is 2.83 bits per heavy atom. The van der Waals surface area contributed by atoms with Gasteiger partial charge in [0.2, 0.25) is 11.0 Å².